The number of carbonyl (C=O) groups is 1. The minimum absolute atomic E-state index is 0.141. The van der Waals surface area contributed by atoms with E-state index in [9.17, 15) is 25.0 Å². The number of hydrogen-bond acceptors (Lipinski definition) is 9. The summed E-state index contributed by atoms with van der Waals surface area (Å²) in [6.07, 6.45) is 1.66. The third-order valence-electron chi connectivity index (χ3n) is 4.94. The SMILES string of the molecule is COc1ccc(N2C(=O)/C(=C\c3ccc(Oc4ccc([N+](=O)[O-])cc4[N+](=O)[O-])cc3)SC2=S)cc1Cl. The minimum atomic E-state index is -0.755. The fraction of sp³-hybridized carbons (Fsp3) is 0.0435. The van der Waals surface area contributed by atoms with Gasteiger partial charge in [0.05, 0.1) is 38.6 Å². The average molecular weight is 544 g/mol. The van der Waals surface area contributed by atoms with Crippen LogP contribution in [0.3, 0.4) is 0 Å². The van der Waals surface area contributed by atoms with Gasteiger partial charge in [0.25, 0.3) is 11.6 Å². The lowest BCUT2D eigenvalue weighted by Crippen LogP contribution is -2.27. The van der Waals surface area contributed by atoms with Crippen LogP contribution in [-0.2, 0) is 4.79 Å². The van der Waals surface area contributed by atoms with Gasteiger partial charge in [0.15, 0.2) is 4.32 Å². The predicted molar refractivity (Wildman–Crippen MR) is 140 cm³/mol. The molecule has 1 aliphatic heterocycles. The van der Waals surface area contributed by atoms with Gasteiger partial charge in [-0.15, -0.1) is 0 Å². The zero-order valence-electron chi connectivity index (χ0n) is 18.2. The van der Waals surface area contributed by atoms with E-state index in [2.05, 4.69) is 0 Å². The van der Waals surface area contributed by atoms with Crippen LogP contribution in [0.2, 0.25) is 5.02 Å². The molecule has 182 valence electrons. The van der Waals surface area contributed by atoms with Gasteiger partial charge < -0.3 is 9.47 Å². The maximum atomic E-state index is 13.0. The molecular weight excluding hydrogens is 530 g/mol. The molecule has 0 atom stereocenters. The van der Waals surface area contributed by atoms with E-state index >= 15 is 0 Å². The lowest BCUT2D eigenvalue weighted by atomic mass is 10.2. The number of amides is 1. The van der Waals surface area contributed by atoms with E-state index < -0.39 is 21.2 Å². The van der Waals surface area contributed by atoms with Crippen molar-refractivity contribution in [2.24, 2.45) is 0 Å². The van der Waals surface area contributed by atoms with Crippen LogP contribution < -0.4 is 14.4 Å². The van der Waals surface area contributed by atoms with Gasteiger partial charge in [-0.2, -0.15) is 0 Å². The van der Waals surface area contributed by atoms with E-state index in [1.54, 1.807) is 48.5 Å². The van der Waals surface area contributed by atoms with Crippen LogP contribution in [-0.4, -0.2) is 27.2 Å². The smallest absolute Gasteiger partial charge is 0.318 e. The highest BCUT2D eigenvalue weighted by Crippen LogP contribution is 2.39. The van der Waals surface area contributed by atoms with Crippen LogP contribution in [0.25, 0.3) is 6.08 Å². The second-order valence-electron chi connectivity index (χ2n) is 7.17. The van der Waals surface area contributed by atoms with Crippen molar-refractivity contribution in [3.63, 3.8) is 0 Å². The molecule has 3 aromatic rings. The molecule has 13 heteroatoms. The Labute approximate surface area is 218 Å². The standard InChI is InChI=1S/C23H14ClN3O7S2/c1-33-19-8-4-14(11-17(19)24)25-22(28)21(36-23(25)35)10-13-2-6-16(7-3-13)34-20-9-5-15(26(29)30)12-18(20)27(31)32/h2-12H,1H3/b21-10+. The highest BCUT2D eigenvalue weighted by molar-refractivity contribution is 8.27. The van der Waals surface area contributed by atoms with Crippen molar-refractivity contribution in [3.05, 3.63) is 96.4 Å². The van der Waals surface area contributed by atoms with Gasteiger partial charge in [-0.05, 0) is 48.0 Å². The van der Waals surface area contributed by atoms with Crippen molar-refractivity contribution in [1.82, 2.24) is 0 Å². The summed E-state index contributed by atoms with van der Waals surface area (Å²) in [4.78, 5) is 35.5. The van der Waals surface area contributed by atoms with Gasteiger partial charge in [-0.1, -0.05) is 47.7 Å². The number of rotatable bonds is 7. The highest BCUT2D eigenvalue weighted by atomic mass is 35.5. The van der Waals surface area contributed by atoms with E-state index in [0.29, 0.717) is 31.2 Å². The number of thiocarbonyl (C=S) groups is 1. The average Bonchev–Trinajstić information content (AvgIpc) is 3.12. The Morgan fingerprint density at radius 2 is 1.69 bits per heavy atom. The van der Waals surface area contributed by atoms with Crippen LogP contribution in [0.1, 0.15) is 5.56 Å². The first-order valence-corrected chi connectivity index (χ1v) is 11.6. The molecule has 0 N–H and O–H groups in total. The molecular formula is C23H14ClN3O7S2. The van der Waals surface area contributed by atoms with Gasteiger partial charge in [0.1, 0.15) is 11.5 Å². The zero-order chi connectivity index (χ0) is 26.0. The Bertz CT molecular complexity index is 1440. The minimum Gasteiger partial charge on any atom is -0.495 e. The molecule has 1 amide bonds. The number of anilines is 1. The van der Waals surface area contributed by atoms with Gasteiger partial charge in [0.2, 0.25) is 5.75 Å². The highest BCUT2D eigenvalue weighted by Gasteiger charge is 2.33. The van der Waals surface area contributed by atoms with Crippen molar-refractivity contribution in [3.8, 4) is 17.2 Å². The van der Waals surface area contributed by atoms with E-state index in [4.69, 9.17) is 33.3 Å². The summed E-state index contributed by atoms with van der Waals surface area (Å²) < 4.78 is 11.1. The molecule has 1 fully saturated rings. The molecule has 0 unspecified atom stereocenters. The van der Waals surface area contributed by atoms with Crippen molar-refractivity contribution < 1.29 is 24.1 Å². The number of ether oxygens (including phenoxy) is 2. The largest absolute Gasteiger partial charge is 0.495 e. The van der Waals surface area contributed by atoms with Crippen molar-refractivity contribution in [2.45, 2.75) is 0 Å². The first-order valence-electron chi connectivity index (χ1n) is 10.00. The van der Waals surface area contributed by atoms with E-state index in [1.807, 2.05) is 0 Å². The second-order valence-corrected chi connectivity index (χ2v) is 9.26. The number of benzene rings is 3. The van der Waals surface area contributed by atoms with Gasteiger partial charge >= 0.3 is 5.69 Å². The van der Waals surface area contributed by atoms with Crippen LogP contribution in [0.4, 0.5) is 17.1 Å². The molecule has 1 saturated heterocycles. The van der Waals surface area contributed by atoms with Crippen LogP contribution in [0.5, 0.6) is 17.2 Å². The maximum absolute atomic E-state index is 13.0. The molecule has 4 rings (SSSR count). The molecule has 0 spiro atoms. The molecule has 0 radical (unpaired) electrons. The van der Waals surface area contributed by atoms with Crippen LogP contribution >= 0.6 is 35.6 Å². The Morgan fingerprint density at radius 3 is 2.31 bits per heavy atom. The molecule has 0 bridgehead atoms. The Balaban J connectivity index is 1.53. The van der Waals surface area contributed by atoms with Crippen molar-refractivity contribution in [2.75, 3.05) is 12.0 Å². The fourth-order valence-electron chi connectivity index (χ4n) is 3.24. The van der Waals surface area contributed by atoms with E-state index in [0.717, 1.165) is 23.9 Å². The molecule has 0 aliphatic carbocycles. The monoisotopic (exact) mass is 543 g/mol. The van der Waals surface area contributed by atoms with Gasteiger partial charge in [-0.25, -0.2) is 0 Å². The number of non-ortho nitro benzene ring substituents is 1. The topological polar surface area (TPSA) is 125 Å². The van der Waals surface area contributed by atoms with E-state index in [-0.39, 0.29) is 17.4 Å². The zero-order valence-corrected chi connectivity index (χ0v) is 20.6. The summed E-state index contributed by atoms with van der Waals surface area (Å²) >= 11 is 12.7. The second kappa shape index (κ2) is 10.3. The number of carbonyl (C=O) groups excluding carboxylic acids is 1. The van der Waals surface area contributed by atoms with Crippen molar-refractivity contribution >= 4 is 68.9 Å². The number of hydrogen-bond donors (Lipinski definition) is 0. The van der Waals surface area contributed by atoms with Crippen molar-refractivity contribution in [1.29, 1.82) is 0 Å². The van der Waals surface area contributed by atoms with Crippen LogP contribution in [0, 0.1) is 20.2 Å². The quantitative estimate of drug-likeness (QED) is 0.145. The molecule has 1 heterocycles. The Kier molecular flexibility index (Phi) is 7.20. The molecule has 0 saturated carbocycles. The molecule has 1 aliphatic rings. The summed E-state index contributed by atoms with van der Waals surface area (Å²) in [5, 5.41) is 22.5. The lowest BCUT2D eigenvalue weighted by Gasteiger charge is -2.15. The third-order valence-corrected chi connectivity index (χ3v) is 6.54. The normalized spacial score (nSPS) is 14.3. The first kappa shape index (κ1) is 25.1. The molecule has 36 heavy (non-hydrogen) atoms. The summed E-state index contributed by atoms with van der Waals surface area (Å²) in [7, 11) is 1.49. The predicted octanol–water partition coefficient (Wildman–Crippen LogP) is 6.36. The number of methoxy groups -OCH3 is 1. The maximum Gasteiger partial charge on any atom is 0.318 e. The summed E-state index contributed by atoms with van der Waals surface area (Å²) in [5.74, 6) is 0.290. The summed E-state index contributed by atoms with van der Waals surface area (Å²) in [6.45, 7) is 0. The summed E-state index contributed by atoms with van der Waals surface area (Å²) in [6, 6.07) is 14.5. The Morgan fingerprint density at radius 1 is 1.00 bits per heavy atom. The number of nitrogens with zero attached hydrogens (tertiary/aromatic N) is 3. The number of thioether (sulfide) groups is 1. The number of nitro benzene ring substituents is 2. The molecule has 10 nitrogen and oxygen atoms in total. The third kappa shape index (κ3) is 5.15. The number of halogens is 1. The molecule has 0 aromatic heterocycles. The molecule has 3 aromatic carbocycles. The number of nitro groups is 2. The fourth-order valence-corrected chi connectivity index (χ4v) is 4.79. The summed E-state index contributed by atoms with van der Waals surface area (Å²) in [5.41, 5.74) is 0.225. The lowest BCUT2D eigenvalue weighted by molar-refractivity contribution is -0.394. The Hall–Kier alpha value is -4.00. The first-order chi connectivity index (χ1) is 17.2. The van der Waals surface area contributed by atoms with Gasteiger partial charge in [0, 0.05) is 6.07 Å². The van der Waals surface area contributed by atoms with Crippen LogP contribution in [0.15, 0.2) is 65.6 Å². The van der Waals surface area contributed by atoms with Gasteiger partial charge in [-0.3, -0.25) is 29.9 Å². The van der Waals surface area contributed by atoms with E-state index in [1.165, 1.54) is 18.1 Å².